The zero-order valence-electron chi connectivity index (χ0n) is 21.1. The van der Waals surface area contributed by atoms with Gasteiger partial charge in [-0.2, -0.15) is 5.10 Å². The maximum absolute atomic E-state index is 13.0. The zero-order chi connectivity index (χ0) is 24.7. The third-order valence-electron chi connectivity index (χ3n) is 6.34. The van der Waals surface area contributed by atoms with Crippen molar-refractivity contribution < 1.29 is 14.7 Å². The van der Waals surface area contributed by atoms with Gasteiger partial charge in [0.15, 0.2) is 0 Å². The standard InChI is InChI=1S/C24H34N4O3.C2H6/c1-6-28-21(11-12-25-28)19-9-7-18(8-10-19)17(5)26-23(30)22-13-20(29)14-27(22)24(31)16(4)15(2)3;1-2/h7-12,15-17,20,22,29H,6,13-14H2,1-5H3,(H,26,30);1-2H3. The SMILES string of the molecule is CC.CCn1nccc1-c1ccc(C(C)NC(=O)C2CC(O)CN2C(=O)C(C)C(C)C)cc1. The monoisotopic (exact) mass is 456 g/mol. The number of likely N-dealkylation sites (tertiary alicyclic amines) is 1. The Balaban J connectivity index is 0.00000187. The Bertz CT molecular complexity index is 907. The van der Waals surface area contributed by atoms with E-state index in [0.717, 1.165) is 23.4 Å². The first-order valence-electron chi connectivity index (χ1n) is 12.1. The third kappa shape index (κ3) is 6.22. The summed E-state index contributed by atoms with van der Waals surface area (Å²) in [5.74, 6) is -0.310. The predicted octanol–water partition coefficient (Wildman–Crippen LogP) is 4.03. The second kappa shape index (κ2) is 12.0. The van der Waals surface area contributed by atoms with Crippen molar-refractivity contribution in [3.63, 3.8) is 0 Å². The van der Waals surface area contributed by atoms with Crippen LogP contribution in [0.15, 0.2) is 36.5 Å². The average molecular weight is 457 g/mol. The summed E-state index contributed by atoms with van der Waals surface area (Å²) in [6, 6.07) is 9.19. The van der Waals surface area contributed by atoms with Crippen molar-refractivity contribution in [2.24, 2.45) is 11.8 Å². The Kier molecular flexibility index (Phi) is 9.65. The zero-order valence-corrected chi connectivity index (χ0v) is 21.1. The fourth-order valence-electron chi connectivity index (χ4n) is 4.02. The minimum Gasteiger partial charge on any atom is -0.391 e. The van der Waals surface area contributed by atoms with Gasteiger partial charge >= 0.3 is 0 Å². The number of β-amino-alcohol motifs (C(OH)–C–C–N with tert-alkyl or cyclic N) is 1. The summed E-state index contributed by atoms with van der Waals surface area (Å²) in [4.78, 5) is 27.4. The van der Waals surface area contributed by atoms with Gasteiger partial charge in [0.25, 0.3) is 0 Å². The lowest BCUT2D eigenvalue weighted by atomic mass is 9.96. The Hall–Kier alpha value is -2.67. The van der Waals surface area contributed by atoms with Crippen molar-refractivity contribution in [1.29, 1.82) is 0 Å². The third-order valence-corrected chi connectivity index (χ3v) is 6.34. The summed E-state index contributed by atoms with van der Waals surface area (Å²) in [6.07, 6.45) is 1.39. The molecule has 1 aliphatic rings. The van der Waals surface area contributed by atoms with Gasteiger partial charge in [-0.25, -0.2) is 0 Å². The highest BCUT2D eigenvalue weighted by atomic mass is 16.3. The molecule has 2 amide bonds. The first-order chi connectivity index (χ1) is 15.7. The number of hydrogen-bond donors (Lipinski definition) is 2. The average Bonchev–Trinajstić information content (AvgIpc) is 3.45. The van der Waals surface area contributed by atoms with Crippen molar-refractivity contribution >= 4 is 11.8 Å². The van der Waals surface area contributed by atoms with Crippen LogP contribution in [0.25, 0.3) is 11.3 Å². The normalized spacial score (nSPS) is 19.6. The number of benzene rings is 1. The Morgan fingerprint density at radius 1 is 1.12 bits per heavy atom. The molecule has 0 radical (unpaired) electrons. The molecule has 1 aromatic heterocycles. The molecule has 4 atom stereocenters. The van der Waals surface area contributed by atoms with E-state index >= 15 is 0 Å². The molecule has 1 saturated heterocycles. The van der Waals surface area contributed by atoms with Gasteiger partial charge in [0.05, 0.1) is 17.8 Å². The van der Waals surface area contributed by atoms with Gasteiger partial charge in [0.1, 0.15) is 6.04 Å². The minimum atomic E-state index is -0.669. The number of aliphatic hydroxyl groups excluding tert-OH is 1. The number of carbonyl (C=O) groups is 2. The molecule has 1 aliphatic heterocycles. The van der Waals surface area contributed by atoms with Gasteiger partial charge in [-0.15, -0.1) is 0 Å². The summed E-state index contributed by atoms with van der Waals surface area (Å²) < 4.78 is 1.94. The first kappa shape index (κ1) is 26.6. The quantitative estimate of drug-likeness (QED) is 0.659. The van der Waals surface area contributed by atoms with Crippen LogP contribution in [-0.4, -0.2) is 50.3 Å². The highest BCUT2D eigenvalue weighted by molar-refractivity contribution is 5.89. The number of aliphatic hydroxyl groups is 1. The van der Waals surface area contributed by atoms with Gasteiger partial charge in [0, 0.05) is 31.6 Å². The molecule has 0 saturated carbocycles. The summed E-state index contributed by atoms with van der Waals surface area (Å²) in [5.41, 5.74) is 3.10. The van der Waals surface area contributed by atoms with E-state index in [9.17, 15) is 14.7 Å². The highest BCUT2D eigenvalue weighted by Crippen LogP contribution is 2.25. The maximum atomic E-state index is 13.0. The molecule has 1 aromatic carbocycles. The summed E-state index contributed by atoms with van der Waals surface area (Å²) in [7, 11) is 0. The van der Waals surface area contributed by atoms with Crippen molar-refractivity contribution in [3.05, 3.63) is 42.1 Å². The van der Waals surface area contributed by atoms with Crippen molar-refractivity contribution in [1.82, 2.24) is 20.0 Å². The van der Waals surface area contributed by atoms with Crippen molar-refractivity contribution in [2.45, 2.75) is 79.6 Å². The number of aromatic nitrogens is 2. The predicted molar refractivity (Wildman–Crippen MR) is 131 cm³/mol. The molecule has 2 heterocycles. The molecule has 7 heteroatoms. The van der Waals surface area contributed by atoms with E-state index < -0.39 is 12.1 Å². The first-order valence-corrected chi connectivity index (χ1v) is 12.1. The lowest BCUT2D eigenvalue weighted by Gasteiger charge is -2.29. The van der Waals surface area contributed by atoms with E-state index in [2.05, 4.69) is 17.3 Å². The van der Waals surface area contributed by atoms with E-state index in [4.69, 9.17) is 0 Å². The number of rotatable bonds is 7. The highest BCUT2D eigenvalue weighted by Gasteiger charge is 2.40. The van der Waals surface area contributed by atoms with E-state index in [1.807, 2.05) is 76.6 Å². The van der Waals surface area contributed by atoms with Crippen LogP contribution < -0.4 is 5.32 Å². The van der Waals surface area contributed by atoms with Gasteiger partial charge < -0.3 is 15.3 Å². The van der Waals surface area contributed by atoms with Gasteiger partial charge in [-0.1, -0.05) is 58.9 Å². The Morgan fingerprint density at radius 2 is 1.76 bits per heavy atom. The molecule has 0 bridgehead atoms. The number of amides is 2. The summed E-state index contributed by atoms with van der Waals surface area (Å²) in [6.45, 7) is 14.8. The van der Waals surface area contributed by atoms with Gasteiger partial charge in [0.2, 0.25) is 11.8 Å². The molecule has 0 aliphatic carbocycles. The second-order valence-corrected chi connectivity index (χ2v) is 8.81. The molecular weight excluding hydrogens is 416 g/mol. The number of hydrogen-bond acceptors (Lipinski definition) is 4. The molecule has 1 fully saturated rings. The molecular formula is C26H40N4O3. The second-order valence-electron chi connectivity index (χ2n) is 8.81. The number of nitrogens with zero attached hydrogens (tertiary/aromatic N) is 3. The molecule has 2 aromatic rings. The number of nitrogens with one attached hydrogen (secondary N) is 1. The fraction of sp³-hybridized carbons (Fsp3) is 0.577. The molecule has 4 unspecified atom stereocenters. The molecule has 2 N–H and O–H groups in total. The molecule has 3 rings (SSSR count). The lowest BCUT2D eigenvalue weighted by Crippen LogP contribution is -2.48. The molecule has 33 heavy (non-hydrogen) atoms. The van der Waals surface area contributed by atoms with Gasteiger partial charge in [-0.3, -0.25) is 14.3 Å². The van der Waals surface area contributed by atoms with E-state index in [1.165, 1.54) is 0 Å². The summed E-state index contributed by atoms with van der Waals surface area (Å²) in [5, 5.41) is 17.5. The number of aryl methyl sites for hydroxylation is 1. The largest absolute Gasteiger partial charge is 0.391 e. The van der Waals surface area contributed by atoms with Crippen LogP contribution in [0.4, 0.5) is 0 Å². The summed E-state index contributed by atoms with van der Waals surface area (Å²) >= 11 is 0. The van der Waals surface area contributed by atoms with Crippen LogP contribution in [0, 0.1) is 11.8 Å². The van der Waals surface area contributed by atoms with Crippen LogP contribution in [0.1, 0.15) is 66.5 Å². The van der Waals surface area contributed by atoms with Crippen LogP contribution in [-0.2, 0) is 16.1 Å². The fourth-order valence-corrected chi connectivity index (χ4v) is 4.02. The van der Waals surface area contributed by atoms with E-state index in [1.54, 1.807) is 11.1 Å². The van der Waals surface area contributed by atoms with Crippen LogP contribution >= 0.6 is 0 Å². The Labute approximate surface area is 198 Å². The van der Waals surface area contributed by atoms with Crippen LogP contribution in [0.5, 0.6) is 0 Å². The lowest BCUT2D eigenvalue weighted by molar-refractivity contribution is -0.142. The van der Waals surface area contributed by atoms with Crippen LogP contribution in [0.2, 0.25) is 0 Å². The molecule has 182 valence electrons. The van der Waals surface area contributed by atoms with E-state index in [-0.39, 0.29) is 42.7 Å². The van der Waals surface area contributed by atoms with Gasteiger partial charge in [-0.05, 0) is 37.0 Å². The van der Waals surface area contributed by atoms with Crippen molar-refractivity contribution in [2.75, 3.05) is 6.54 Å². The minimum absolute atomic E-state index is 0.0729. The Morgan fingerprint density at radius 3 is 2.33 bits per heavy atom. The van der Waals surface area contributed by atoms with E-state index in [0.29, 0.717) is 0 Å². The van der Waals surface area contributed by atoms with Crippen molar-refractivity contribution in [3.8, 4) is 11.3 Å². The molecule has 7 nitrogen and oxygen atoms in total. The molecule has 0 spiro atoms. The maximum Gasteiger partial charge on any atom is 0.243 e. The van der Waals surface area contributed by atoms with Crippen LogP contribution in [0.3, 0.4) is 0 Å². The number of carbonyl (C=O) groups excluding carboxylic acids is 2. The topological polar surface area (TPSA) is 87.5 Å². The smallest absolute Gasteiger partial charge is 0.243 e.